The van der Waals surface area contributed by atoms with E-state index in [-0.39, 0.29) is 0 Å². The molecule has 3 aromatic rings. The third-order valence-electron chi connectivity index (χ3n) is 6.04. The lowest BCUT2D eigenvalue weighted by Gasteiger charge is -2.29. The van der Waals surface area contributed by atoms with Crippen LogP contribution in [0.2, 0.25) is 0 Å². The fourth-order valence-corrected chi connectivity index (χ4v) is 4.62. The van der Waals surface area contributed by atoms with E-state index in [0.29, 0.717) is 11.8 Å². The molecule has 0 unspecified atom stereocenters. The van der Waals surface area contributed by atoms with Gasteiger partial charge in [0.25, 0.3) is 0 Å². The van der Waals surface area contributed by atoms with Crippen LogP contribution in [0.15, 0.2) is 6.33 Å². The Labute approximate surface area is 164 Å². The fourth-order valence-electron chi connectivity index (χ4n) is 4.62. The monoisotopic (exact) mass is 381 g/mol. The zero-order chi connectivity index (χ0) is 19.4. The van der Waals surface area contributed by atoms with Crippen molar-refractivity contribution >= 4 is 11.3 Å². The summed E-state index contributed by atoms with van der Waals surface area (Å²) in [5, 5.41) is 9.27. The van der Waals surface area contributed by atoms with Crippen LogP contribution in [0.5, 0.6) is 0 Å². The molecule has 5 rings (SSSR count). The Morgan fingerprint density at radius 2 is 2.14 bits per heavy atom. The third kappa shape index (κ3) is 2.62. The highest BCUT2D eigenvalue weighted by molar-refractivity contribution is 5.73. The molecule has 1 atom stereocenters. The summed E-state index contributed by atoms with van der Waals surface area (Å²) in [6.45, 7) is 9.70. The van der Waals surface area contributed by atoms with Gasteiger partial charge in [0, 0.05) is 50.3 Å². The van der Waals surface area contributed by atoms with E-state index in [1.165, 1.54) is 17.0 Å². The zero-order valence-corrected chi connectivity index (χ0v) is 17.0. The normalized spacial score (nSPS) is 19.8. The molecule has 0 amide bonds. The van der Waals surface area contributed by atoms with Gasteiger partial charge in [-0.25, -0.2) is 14.5 Å². The summed E-state index contributed by atoms with van der Waals surface area (Å²) < 4.78 is 9.63. The molecule has 2 aliphatic heterocycles. The maximum atomic E-state index is 5.63. The molecule has 0 spiro atoms. The summed E-state index contributed by atoms with van der Waals surface area (Å²) in [7, 11) is 2.06. The molecular formula is C20H27N7O. The average molecular weight is 381 g/mol. The minimum absolute atomic E-state index is 0.318. The molecule has 5 heterocycles. The molecule has 0 aromatic carbocycles. The number of anilines is 1. The van der Waals surface area contributed by atoms with Crippen molar-refractivity contribution in [2.45, 2.75) is 52.0 Å². The van der Waals surface area contributed by atoms with Crippen LogP contribution in [0.3, 0.4) is 0 Å². The molecule has 0 saturated carbocycles. The number of nitrogens with zero attached hydrogens (tertiary/aromatic N) is 7. The van der Waals surface area contributed by atoms with E-state index >= 15 is 0 Å². The van der Waals surface area contributed by atoms with E-state index in [1.54, 1.807) is 6.33 Å². The number of hydrogen-bond acceptors (Lipinski definition) is 6. The van der Waals surface area contributed by atoms with Gasteiger partial charge in [-0.2, -0.15) is 10.2 Å². The van der Waals surface area contributed by atoms with Gasteiger partial charge < -0.3 is 9.64 Å². The van der Waals surface area contributed by atoms with Crippen molar-refractivity contribution in [3.8, 4) is 0 Å². The molecule has 0 N–H and O–H groups in total. The van der Waals surface area contributed by atoms with Crippen molar-refractivity contribution < 1.29 is 4.74 Å². The highest BCUT2D eigenvalue weighted by atomic mass is 16.5. The van der Waals surface area contributed by atoms with Gasteiger partial charge in [-0.05, 0) is 19.3 Å². The van der Waals surface area contributed by atoms with E-state index in [2.05, 4.69) is 35.6 Å². The van der Waals surface area contributed by atoms with Gasteiger partial charge >= 0.3 is 0 Å². The molecular weight excluding hydrogens is 354 g/mol. The lowest BCUT2D eigenvalue weighted by atomic mass is 9.99. The predicted octanol–water partition coefficient (Wildman–Crippen LogP) is 2.36. The number of aromatic nitrogens is 6. The summed E-state index contributed by atoms with van der Waals surface area (Å²) >= 11 is 0. The van der Waals surface area contributed by atoms with Gasteiger partial charge in [0.15, 0.2) is 5.82 Å². The Hall–Kier alpha value is -2.48. The third-order valence-corrected chi connectivity index (χ3v) is 6.04. The van der Waals surface area contributed by atoms with E-state index in [0.717, 1.165) is 62.0 Å². The SMILES string of the molecule is Cc1nc([C@@H]2CCOC2)c2c(N3CCc4c(c(C(C)C)nn4C)C3)ncnn12. The second-order valence-corrected chi connectivity index (χ2v) is 8.21. The molecule has 0 radical (unpaired) electrons. The van der Waals surface area contributed by atoms with Gasteiger partial charge in [0.05, 0.1) is 18.0 Å². The van der Waals surface area contributed by atoms with Gasteiger partial charge in [-0.15, -0.1) is 0 Å². The Kier molecular flexibility index (Phi) is 4.12. The molecule has 8 nitrogen and oxygen atoms in total. The summed E-state index contributed by atoms with van der Waals surface area (Å²) in [6.07, 6.45) is 3.62. The highest BCUT2D eigenvalue weighted by Crippen LogP contribution is 2.35. The quantitative estimate of drug-likeness (QED) is 0.693. The number of hydrogen-bond donors (Lipinski definition) is 0. The minimum Gasteiger partial charge on any atom is -0.381 e. The van der Waals surface area contributed by atoms with E-state index in [9.17, 15) is 0 Å². The van der Waals surface area contributed by atoms with Gasteiger partial charge in [-0.1, -0.05) is 13.8 Å². The Bertz CT molecular complexity index is 1030. The molecule has 28 heavy (non-hydrogen) atoms. The lowest BCUT2D eigenvalue weighted by Crippen LogP contribution is -2.32. The number of fused-ring (bicyclic) bond motifs is 2. The first-order valence-electron chi connectivity index (χ1n) is 10.1. The number of ether oxygens (including phenoxy) is 1. The lowest BCUT2D eigenvalue weighted by molar-refractivity contribution is 0.193. The van der Waals surface area contributed by atoms with E-state index < -0.39 is 0 Å². The molecule has 148 valence electrons. The van der Waals surface area contributed by atoms with Crippen molar-refractivity contribution in [1.82, 2.24) is 29.4 Å². The molecule has 1 fully saturated rings. The Morgan fingerprint density at radius 1 is 1.29 bits per heavy atom. The van der Waals surface area contributed by atoms with Gasteiger partial charge in [-0.3, -0.25) is 4.68 Å². The largest absolute Gasteiger partial charge is 0.381 e. The maximum Gasteiger partial charge on any atom is 0.158 e. The van der Waals surface area contributed by atoms with Crippen LogP contribution < -0.4 is 4.90 Å². The second kappa shape index (κ2) is 6.55. The average Bonchev–Trinajstić information content (AvgIpc) is 3.40. The number of rotatable bonds is 3. The van der Waals surface area contributed by atoms with Crippen molar-refractivity contribution in [3.63, 3.8) is 0 Å². The van der Waals surface area contributed by atoms with Crippen molar-refractivity contribution in [2.75, 3.05) is 24.7 Å². The van der Waals surface area contributed by atoms with Crippen LogP contribution in [0.4, 0.5) is 5.82 Å². The molecule has 8 heteroatoms. The Morgan fingerprint density at radius 3 is 2.89 bits per heavy atom. The summed E-state index contributed by atoms with van der Waals surface area (Å²) in [4.78, 5) is 11.9. The van der Waals surface area contributed by atoms with Crippen molar-refractivity contribution in [2.24, 2.45) is 7.05 Å². The summed E-state index contributed by atoms with van der Waals surface area (Å²) in [5.74, 6) is 2.60. The fraction of sp³-hybridized carbons (Fsp3) is 0.600. The van der Waals surface area contributed by atoms with Gasteiger partial charge in [0.2, 0.25) is 0 Å². The topological polar surface area (TPSA) is 73.4 Å². The van der Waals surface area contributed by atoms with Crippen LogP contribution in [0, 0.1) is 6.92 Å². The standard InChI is InChI=1S/C20H27N7O/c1-12(2)17-15-9-26(7-5-16(15)25(4)24-17)20-19-18(14-6-8-28-10-14)23-13(3)27(19)22-11-21-20/h11-12,14H,5-10H2,1-4H3/t14-/m1/s1. The summed E-state index contributed by atoms with van der Waals surface area (Å²) in [5.41, 5.74) is 6.00. The first kappa shape index (κ1) is 17.6. The maximum absolute atomic E-state index is 5.63. The molecule has 2 aliphatic rings. The van der Waals surface area contributed by atoms with Gasteiger partial charge in [0.1, 0.15) is 17.7 Å². The van der Waals surface area contributed by atoms with Crippen LogP contribution in [-0.2, 0) is 24.8 Å². The minimum atomic E-state index is 0.318. The first-order valence-corrected chi connectivity index (χ1v) is 10.1. The van der Waals surface area contributed by atoms with Crippen LogP contribution in [0.25, 0.3) is 5.52 Å². The predicted molar refractivity (Wildman–Crippen MR) is 106 cm³/mol. The van der Waals surface area contributed by atoms with Crippen molar-refractivity contribution in [1.29, 1.82) is 0 Å². The molecule has 0 bridgehead atoms. The number of imidazole rings is 1. The first-order chi connectivity index (χ1) is 13.5. The molecule has 0 aliphatic carbocycles. The van der Waals surface area contributed by atoms with Crippen LogP contribution >= 0.6 is 0 Å². The smallest absolute Gasteiger partial charge is 0.158 e. The highest BCUT2D eigenvalue weighted by Gasteiger charge is 2.30. The van der Waals surface area contributed by atoms with Crippen molar-refractivity contribution in [3.05, 3.63) is 34.8 Å². The van der Waals surface area contributed by atoms with E-state index in [4.69, 9.17) is 19.8 Å². The zero-order valence-electron chi connectivity index (χ0n) is 17.0. The second-order valence-electron chi connectivity index (χ2n) is 8.21. The summed E-state index contributed by atoms with van der Waals surface area (Å²) in [6, 6.07) is 0. The molecule has 1 saturated heterocycles. The van der Waals surface area contributed by atoms with Crippen LogP contribution in [-0.4, -0.2) is 49.1 Å². The number of aryl methyl sites for hydroxylation is 2. The van der Waals surface area contributed by atoms with Crippen LogP contribution in [0.1, 0.15) is 60.6 Å². The van der Waals surface area contributed by atoms with E-state index in [1.807, 2.05) is 11.4 Å². The Balaban J connectivity index is 1.61. The molecule has 3 aromatic heterocycles.